The topological polar surface area (TPSA) is 38.5 Å². The quantitative estimate of drug-likeness (QED) is 0.853. The van der Waals surface area contributed by atoms with Crippen LogP contribution < -0.4 is 10.5 Å². The SMILES string of the molecule is COc1ccc(CN2CCCCC2C(N)=S)cc1Br. The molecule has 0 spiro atoms. The zero-order valence-electron chi connectivity index (χ0n) is 11.1. The van der Waals surface area contributed by atoms with Gasteiger partial charge in [0.05, 0.1) is 22.6 Å². The van der Waals surface area contributed by atoms with Gasteiger partial charge in [0, 0.05) is 6.54 Å². The third kappa shape index (κ3) is 3.68. The molecule has 1 fully saturated rings. The van der Waals surface area contributed by atoms with Gasteiger partial charge in [0.25, 0.3) is 0 Å². The Morgan fingerprint density at radius 1 is 1.53 bits per heavy atom. The van der Waals surface area contributed by atoms with Crippen molar-refractivity contribution in [3.8, 4) is 5.75 Å². The van der Waals surface area contributed by atoms with Gasteiger partial charge in [0.1, 0.15) is 5.75 Å². The van der Waals surface area contributed by atoms with E-state index in [2.05, 4.69) is 33.0 Å². The molecule has 0 radical (unpaired) electrons. The van der Waals surface area contributed by atoms with Gasteiger partial charge in [-0.05, 0) is 53.0 Å². The standard InChI is InChI=1S/C14H19BrN2OS/c1-18-13-6-5-10(8-11(13)15)9-17-7-3-2-4-12(17)14(16)19/h5-6,8,12H,2-4,7,9H2,1H3,(H2,16,19). The molecule has 104 valence electrons. The van der Waals surface area contributed by atoms with Crippen molar-refractivity contribution < 1.29 is 4.74 Å². The molecule has 1 aromatic carbocycles. The van der Waals surface area contributed by atoms with Crippen LogP contribution >= 0.6 is 28.1 Å². The Bertz CT molecular complexity index is 467. The number of likely N-dealkylation sites (tertiary alicyclic amines) is 1. The number of nitrogens with zero attached hydrogens (tertiary/aromatic N) is 1. The summed E-state index contributed by atoms with van der Waals surface area (Å²) >= 11 is 8.70. The lowest BCUT2D eigenvalue weighted by Crippen LogP contribution is -2.46. The van der Waals surface area contributed by atoms with Crippen molar-refractivity contribution in [3.63, 3.8) is 0 Å². The fourth-order valence-corrected chi connectivity index (χ4v) is 3.40. The van der Waals surface area contributed by atoms with E-state index in [1.807, 2.05) is 6.07 Å². The molecule has 0 saturated carbocycles. The highest BCUT2D eigenvalue weighted by molar-refractivity contribution is 9.10. The summed E-state index contributed by atoms with van der Waals surface area (Å²) in [4.78, 5) is 2.99. The predicted molar refractivity (Wildman–Crippen MR) is 85.5 cm³/mol. The number of rotatable bonds is 4. The molecule has 1 aromatic rings. The van der Waals surface area contributed by atoms with E-state index in [4.69, 9.17) is 22.7 Å². The van der Waals surface area contributed by atoms with E-state index in [0.717, 1.165) is 29.7 Å². The maximum absolute atomic E-state index is 5.85. The number of thiocarbonyl (C=S) groups is 1. The molecule has 1 saturated heterocycles. The molecule has 1 aliphatic heterocycles. The Hall–Kier alpha value is -0.650. The minimum absolute atomic E-state index is 0.240. The summed E-state index contributed by atoms with van der Waals surface area (Å²) in [5, 5.41) is 0. The summed E-state index contributed by atoms with van der Waals surface area (Å²) < 4.78 is 6.23. The second kappa shape index (κ2) is 6.68. The van der Waals surface area contributed by atoms with Gasteiger partial charge in [0.15, 0.2) is 0 Å². The number of nitrogens with two attached hydrogens (primary N) is 1. The zero-order chi connectivity index (χ0) is 13.8. The van der Waals surface area contributed by atoms with Crippen molar-refractivity contribution in [1.29, 1.82) is 0 Å². The summed E-state index contributed by atoms with van der Waals surface area (Å²) in [6.07, 6.45) is 3.51. The average molecular weight is 343 g/mol. The largest absolute Gasteiger partial charge is 0.496 e. The number of piperidine rings is 1. The Balaban J connectivity index is 2.10. The Kier molecular flexibility index (Phi) is 5.19. The smallest absolute Gasteiger partial charge is 0.133 e. The first-order valence-corrected chi connectivity index (χ1v) is 7.67. The average Bonchev–Trinajstić information content (AvgIpc) is 2.39. The van der Waals surface area contributed by atoms with Crippen molar-refractivity contribution in [1.82, 2.24) is 4.90 Å². The van der Waals surface area contributed by atoms with Crippen LogP contribution in [0.15, 0.2) is 22.7 Å². The molecule has 0 amide bonds. The van der Waals surface area contributed by atoms with E-state index in [0.29, 0.717) is 4.99 Å². The van der Waals surface area contributed by atoms with Crippen LogP contribution in [-0.2, 0) is 6.54 Å². The van der Waals surface area contributed by atoms with Crippen LogP contribution in [0.3, 0.4) is 0 Å². The fourth-order valence-electron chi connectivity index (χ4n) is 2.55. The van der Waals surface area contributed by atoms with Crippen LogP contribution in [-0.4, -0.2) is 29.6 Å². The molecule has 1 unspecified atom stereocenters. The molecule has 0 aromatic heterocycles. The predicted octanol–water partition coefficient (Wildman–Crippen LogP) is 3.10. The van der Waals surface area contributed by atoms with Gasteiger partial charge in [-0.1, -0.05) is 24.7 Å². The minimum Gasteiger partial charge on any atom is -0.496 e. The van der Waals surface area contributed by atoms with Gasteiger partial charge in [-0.25, -0.2) is 0 Å². The fraction of sp³-hybridized carbons (Fsp3) is 0.500. The number of halogens is 1. The Morgan fingerprint density at radius 3 is 2.95 bits per heavy atom. The van der Waals surface area contributed by atoms with Crippen molar-refractivity contribution in [2.75, 3.05) is 13.7 Å². The van der Waals surface area contributed by atoms with E-state index >= 15 is 0 Å². The Morgan fingerprint density at radius 2 is 2.32 bits per heavy atom. The van der Waals surface area contributed by atoms with E-state index in [-0.39, 0.29) is 6.04 Å². The summed E-state index contributed by atoms with van der Waals surface area (Å²) in [5.74, 6) is 0.855. The highest BCUT2D eigenvalue weighted by atomic mass is 79.9. The lowest BCUT2D eigenvalue weighted by atomic mass is 10.0. The lowest BCUT2D eigenvalue weighted by molar-refractivity contribution is 0.184. The third-order valence-electron chi connectivity index (χ3n) is 3.54. The van der Waals surface area contributed by atoms with Crippen LogP contribution in [0.5, 0.6) is 5.75 Å². The first kappa shape index (κ1) is 14.8. The van der Waals surface area contributed by atoms with E-state index in [1.165, 1.54) is 18.4 Å². The zero-order valence-corrected chi connectivity index (χ0v) is 13.5. The second-order valence-corrected chi connectivity index (χ2v) is 6.18. The minimum atomic E-state index is 0.240. The number of ether oxygens (including phenoxy) is 1. The van der Waals surface area contributed by atoms with Crippen LogP contribution in [0.4, 0.5) is 0 Å². The highest BCUT2D eigenvalue weighted by Gasteiger charge is 2.24. The summed E-state index contributed by atoms with van der Waals surface area (Å²) in [5.41, 5.74) is 7.09. The molecule has 1 heterocycles. The van der Waals surface area contributed by atoms with Crippen LogP contribution in [0.2, 0.25) is 0 Å². The van der Waals surface area contributed by atoms with Crippen LogP contribution in [0.1, 0.15) is 24.8 Å². The first-order chi connectivity index (χ1) is 9.11. The summed E-state index contributed by atoms with van der Waals surface area (Å²) in [7, 11) is 1.67. The third-order valence-corrected chi connectivity index (χ3v) is 4.44. The molecule has 2 rings (SSSR count). The van der Waals surface area contributed by atoms with Gasteiger partial charge in [0.2, 0.25) is 0 Å². The molecule has 1 atom stereocenters. The maximum Gasteiger partial charge on any atom is 0.133 e. The molecule has 1 aliphatic rings. The van der Waals surface area contributed by atoms with Gasteiger partial charge in [-0.2, -0.15) is 0 Å². The van der Waals surface area contributed by atoms with E-state index in [1.54, 1.807) is 7.11 Å². The van der Waals surface area contributed by atoms with Gasteiger partial charge in [-0.3, -0.25) is 4.90 Å². The number of benzene rings is 1. The van der Waals surface area contributed by atoms with Crippen molar-refractivity contribution in [2.45, 2.75) is 31.8 Å². The van der Waals surface area contributed by atoms with Crippen molar-refractivity contribution >= 4 is 33.1 Å². The molecule has 2 N–H and O–H groups in total. The Labute approximate surface area is 128 Å². The van der Waals surface area contributed by atoms with Gasteiger partial charge < -0.3 is 10.5 Å². The molecule has 5 heteroatoms. The van der Waals surface area contributed by atoms with Gasteiger partial charge in [-0.15, -0.1) is 0 Å². The van der Waals surface area contributed by atoms with E-state index in [9.17, 15) is 0 Å². The second-order valence-electron chi connectivity index (χ2n) is 4.85. The number of methoxy groups -OCH3 is 1. The molecule has 0 aliphatic carbocycles. The molecular weight excluding hydrogens is 324 g/mol. The lowest BCUT2D eigenvalue weighted by Gasteiger charge is -2.35. The highest BCUT2D eigenvalue weighted by Crippen LogP contribution is 2.27. The number of hydrogen-bond acceptors (Lipinski definition) is 3. The molecule has 3 nitrogen and oxygen atoms in total. The summed E-state index contributed by atoms with van der Waals surface area (Å²) in [6, 6.07) is 6.42. The van der Waals surface area contributed by atoms with Gasteiger partial charge >= 0.3 is 0 Å². The maximum atomic E-state index is 5.85. The van der Waals surface area contributed by atoms with Crippen LogP contribution in [0, 0.1) is 0 Å². The van der Waals surface area contributed by atoms with Crippen molar-refractivity contribution in [3.05, 3.63) is 28.2 Å². The molecule has 19 heavy (non-hydrogen) atoms. The first-order valence-electron chi connectivity index (χ1n) is 6.47. The molecule has 0 bridgehead atoms. The molecular formula is C14H19BrN2OS. The monoisotopic (exact) mass is 342 g/mol. The normalized spacial score (nSPS) is 20.2. The number of hydrogen-bond donors (Lipinski definition) is 1. The van der Waals surface area contributed by atoms with E-state index < -0.39 is 0 Å². The van der Waals surface area contributed by atoms with Crippen molar-refractivity contribution in [2.24, 2.45) is 5.73 Å². The van der Waals surface area contributed by atoms with Crippen LogP contribution in [0.25, 0.3) is 0 Å². The summed E-state index contributed by atoms with van der Waals surface area (Å²) in [6.45, 7) is 1.94.